The second-order valence-electron chi connectivity index (χ2n) is 12.3. The highest BCUT2D eigenvalue weighted by molar-refractivity contribution is 6.11. The monoisotopic (exact) mass is 612 g/mol. The molecule has 1 aliphatic heterocycles. The van der Waals surface area contributed by atoms with Gasteiger partial charge in [-0.1, -0.05) is 127 Å². The molecule has 226 valence electrons. The Kier molecular flexibility index (Phi) is 6.84. The van der Waals surface area contributed by atoms with Gasteiger partial charge in [0.15, 0.2) is 0 Å². The zero-order valence-corrected chi connectivity index (χ0v) is 26.3. The second-order valence-corrected chi connectivity index (χ2v) is 12.3. The molecule has 8 aromatic carbocycles. The SMILES string of the molecule is c1ccc(-c2cc(-c3ccccc3)cc(N(c3ccccc3)c3ccc(-c4ccc5c(c4)-c4cccc6cccc(c46)N5)cc3)c2)cc1. The van der Waals surface area contributed by atoms with Crippen molar-refractivity contribution >= 4 is 39.2 Å². The van der Waals surface area contributed by atoms with Crippen molar-refractivity contribution in [1.29, 1.82) is 0 Å². The predicted molar refractivity (Wildman–Crippen MR) is 204 cm³/mol. The molecule has 2 heteroatoms. The Morgan fingerprint density at radius 1 is 0.312 bits per heavy atom. The fourth-order valence-electron chi connectivity index (χ4n) is 7.03. The molecule has 1 N–H and O–H groups in total. The summed E-state index contributed by atoms with van der Waals surface area (Å²) in [5, 5.41) is 6.21. The molecule has 2 nitrogen and oxygen atoms in total. The molecule has 0 saturated carbocycles. The lowest BCUT2D eigenvalue weighted by molar-refractivity contribution is 1.28. The standard InChI is InChI=1S/C46H32N2/c1-4-12-32(13-5-1)37-28-38(33-14-6-2-7-15-33)30-41(29-37)48(39-18-8-3-9-19-39)40-25-22-34(23-26-40)36-24-27-44-43(31-36)42-20-10-16-35-17-11-21-45(47-44)46(35)42/h1-31,47H. The lowest BCUT2D eigenvalue weighted by Crippen LogP contribution is -2.10. The number of rotatable bonds is 6. The van der Waals surface area contributed by atoms with Gasteiger partial charge in [0.2, 0.25) is 0 Å². The predicted octanol–water partition coefficient (Wildman–Crippen LogP) is 13.0. The maximum absolute atomic E-state index is 3.67. The fraction of sp³-hybridized carbons (Fsp3) is 0. The summed E-state index contributed by atoms with van der Waals surface area (Å²) in [7, 11) is 0. The van der Waals surface area contributed by atoms with Gasteiger partial charge in [-0.05, 0) is 105 Å². The summed E-state index contributed by atoms with van der Waals surface area (Å²) in [6.45, 7) is 0. The van der Waals surface area contributed by atoms with Crippen molar-refractivity contribution in [3.05, 3.63) is 188 Å². The van der Waals surface area contributed by atoms with E-state index in [0.717, 1.165) is 22.7 Å². The lowest BCUT2D eigenvalue weighted by Gasteiger charge is -2.27. The molecule has 48 heavy (non-hydrogen) atoms. The van der Waals surface area contributed by atoms with Gasteiger partial charge >= 0.3 is 0 Å². The number of benzene rings is 8. The summed E-state index contributed by atoms with van der Waals surface area (Å²) in [5.74, 6) is 0. The van der Waals surface area contributed by atoms with E-state index >= 15 is 0 Å². The van der Waals surface area contributed by atoms with Gasteiger partial charge in [-0.2, -0.15) is 0 Å². The summed E-state index contributed by atoms with van der Waals surface area (Å²) < 4.78 is 0. The van der Waals surface area contributed by atoms with E-state index in [2.05, 4.69) is 198 Å². The molecule has 8 aromatic rings. The topological polar surface area (TPSA) is 15.3 Å². The Bertz CT molecular complexity index is 2330. The molecule has 0 saturated heterocycles. The maximum Gasteiger partial charge on any atom is 0.0473 e. The first-order valence-electron chi connectivity index (χ1n) is 16.4. The number of hydrogen-bond donors (Lipinski definition) is 1. The zero-order valence-electron chi connectivity index (χ0n) is 26.3. The van der Waals surface area contributed by atoms with Crippen molar-refractivity contribution < 1.29 is 0 Å². The first kappa shape index (κ1) is 27.9. The van der Waals surface area contributed by atoms with Gasteiger partial charge in [-0.25, -0.2) is 0 Å². The molecular formula is C46H32N2. The lowest BCUT2D eigenvalue weighted by atomic mass is 9.90. The van der Waals surface area contributed by atoms with Gasteiger partial charge < -0.3 is 10.2 Å². The summed E-state index contributed by atoms with van der Waals surface area (Å²) in [6.07, 6.45) is 0. The molecule has 0 fully saturated rings. The van der Waals surface area contributed by atoms with Gasteiger partial charge in [-0.3, -0.25) is 0 Å². The van der Waals surface area contributed by atoms with Crippen LogP contribution in [0.2, 0.25) is 0 Å². The number of fused-ring (bicyclic) bond motifs is 2. The second kappa shape index (κ2) is 11.8. The number of para-hydroxylation sites is 1. The molecular weight excluding hydrogens is 581 g/mol. The van der Waals surface area contributed by atoms with Gasteiger partial charge in [0.05, 0.1) is 0 Å². The number of anilines is 5. The molecule has 0 radical (unpaired) electrons. The molecule has 0 bridgehead atoms. The zero-order chi connectivity index (χ0) is 31.9. The molecule has 0 unspecified atom stereocenters. The third-order valence-corrected chi connectivity index (χ3v) is 9.35. The molecule has 0 aliphatic carbocycles. The molecule has 1 heterocycles. The van der Waals surface area contributed by atoms with Gasteiger partial charge in [0.1, 0.15) is 0 Å². The van der Waals surface area contributed by atoms with Crippen molar-refractivity contribution in [2.45, 2.75) is 0 Å². The van der Waals surface area contributed by atoms with Crippen LogP contribution in [0.25, 0.3) is 55.3 Å². The summed E-state index contributed by atoms with van der Waals surface area (Å²) in [4.78, 5) is 2.36. The largest absolute Gasteiger partial charge is 0.354 e. The minimum atomic E-state index is 1.10. The van der Waals surface area contributed by atoms with E-state index in [1.54, 1.807) is 0 Å². The van der Waals surface area contributed by atoms with Crippen LogP contribution in [0.5, 0.6) is 0 Å². The molecule has 0 amide bonds. The van der Waals surface area contributed by atoms with Gasteiger partial charge in [-0.15, -0.1) is 0 Å². The first-order chi connectivity index (χ1) is 23.8. The Morgan fingerprint density at radius 2 is 0.875 bits per heavy atom. The number of nitrogens with zero attached hydrogens (tertiary/aromatic N) is 1. The van der Waals surface area contributed by atoms with E-state index < -0.39 is 0 Å². The Hall–Kier alpha value is -6.38. The van der Waals surface area contributed by atoms with Crippen LogP contribution < -0.4 is 10.2 Å². The minimum absolute atomic E-state index is 1.10. The average Bonchev–Trinajstić information content (AvgIpc) is 3.16. The van der Waals surface area contributed by atoms with Crippen LogP contribution in [0.1, 0.15) is 0 Å². The third kappa shape index (κ3) is 5.01. The first-order valence-corrected chi connectivity index (χ1v) is 16.4. The van der Waals surface area contributed by atoms with Crippen molar-refractivity contribution in [2.75, 3.05) is 10.2 Å². The van der Waals surface area contributed by atoms with E-state index in [-0.39, 0.29) is 0 Å². The summed E-state index contributed by atoms with van der Waals surface area (Å²) in [6, 6.07) is 67.6. The quantitative estimate of drug-likeness (QED) is 0.201. The van der Waals surface area contributed by atoms with Gasteiger partial charge in [0.25, 0.3) is 0 Å². The smallest absolute Gasteiger partial charge is 0.0473 e. The molecule has 1 aliphatic rings. The van der Waals surface area contributed by atoms with E-state index in [4.69, 9.17) is 0 Å². The van der Waals surface area contributed by atoms with Crippen molar-refractivity contribution in [3.63, 3.8) is 0 Å². The Morgan fingerprint density at radius 3 is 1.54 bits per heavy atom. The van der Waals surface area contributed by atoms with E-state index in [0.29, 0.717) is 0 Å². The van der Waals surface area contributed by atoms with Crippen molar-refractivity contribution in [2.24, 2.45) is 0 Å². The highest BCUT2D eigenvalue weighted by Gasteiger charge is 2.19. The van der Waals surface area contributed by atoms with Crippen LogP contribution in [-0.4, -0.2) is 0 Å². The van der Waals surface area contributed by atoms with E-state index in [1.807, 2.05) is 0 Å². The number of hydrogen-bond acceptors (Lipinski definition) is 2. The van der Waals surface area contributed by atoms with Crippen molar-refractivity contribution in [3.8, 4) is 44.5 Å². The Balaban J connectivity index is 1.14. The van der Waals surface area contributed by atoms with Crippen LogP contribution in [-0.2, 0) is 0 Å². The van der Waals surface area contributed by atoms with Crippen LogP contribution in [0.15, 0.2) is 188 Å². The average molecular weight is 613 g/mol. The third-order valence-electron chi connectivity index (χ3n) is 9.35. The highest BCUT2D eigenvalue weighted by Crippen LogP contribution is 2.45. The molecule has 0 atom stereocenters. The normalized spacial score (nSPS) is 11.5. The van der Waals surface area contributed by atoms with E-state index in [1.165, 1.54) is 61.0 Å². The van der Waals surface area contributed by atoms with Crippen molar-refractivity contribution in [1.82, 2.24) is 0 Å². The highest BCUT2D eigenvalue weighted by atomic mass is 15.1. The minimum Gasteiger partial charge on any atom is -0.354 e. The van der Waals surface area contributed by atoms with Crippen LogP contribution in [0.4, 0.5) is 28.4 Å². The maximum atomic E-state index is 3.67. The Labute approximate surface area is 281 Å². The van der Waals surface area contributed by atoms with Crippen LogP contribution >= 0.6 is 0 Å². The molecule has 0 aromatic heterocycles. The summed E-state index contributed by atoms with van der Waals surface area (Å²) >= 11 is 0. The molecule has 9 rings (SSSR count). The molecule has 0 spiro atoms. The van der Waals surface area contributed by atoms with Crippen LogP contribution in [0, 0.1) is 0 Å². The van der Waals surface area contributed by atoms with Gasteiger partial charge in [0, 0.05) is 39.4 Å². The number of nitrogens with one attached hydrogen (secondary N) is 1. The van der Waals surface area contributed by atoms with Crippen LogP contribution in [0.3, 0.4) is 0 Å². The summed E-state index contributed by atoms with van der Waals surface area (Å²) in [5.41, 5.74) is 15.3. The van der Waals surface area contributed by atoms with E-state index in [9.17, 15) is 0 Å². The fourth-order valence-corrected chi connectivity index (χ4v) is 7.03.